The van der Waals surface area contributed by atoms with E-state index in [0.29, 0.717) is 5.56 Å². The lowest BCUT2D eigenvalue weighted by atomic mass is 9.89. The van der Waals surface area contributed by atoms with Crippen molar-refractivity contribution in [3.05, 3.63) is 65.2 Å². The van der Waals surface area contributed by atoms with Gasteiger partial charge in [0.15, 0.2) is 17.5 Å². The molecule has 0 aliphatic heterocycles. The van der Waals surface area contributed by atoms with Gasteiger partial charge < -0.3 is 10.8 Å². The molecule has 106 valence electrons. The van der Waals surface area contributed by atoms with E-state index in [1.807, 2.05) is 0 Å². The fraction of sp³-hybridized carbons (Fsp3) is 0.214. The summed E-state index contributed by atoms with van der Waals surface area (Å²) in [6.45, 7) is 0.0175. The molecule has 20 heavy (non-hydrogen) atoms. The monoisotopic (exact) mass is 282 g/mol. The molecule has 0 bridgehead atoms. The quantitative estimate of drug-likeness (QED) is 0.846. The van der Waals surface area contributed by atoms with Gasteiger partial charge in [0, 0.05) is 30.4 Å². The van der Waals surface area contributed by atoms with Crippen molar-refractivity contribution >= 4 is 0 Å². The Morgan fingerprint density at radius 1 is 1.05 bits per heavy atom. The molecule has 6 heteroatoms. The minimum Gasteiger partial charge on any atom is -0.388 e. The molecule has 0 saturated carbocycles. The highest BCUT2D eigenvalue weighted by molar-refractivity contribution is 5.28. The number of hydrogen-bond acceptors (Lipinski definition) is 3. The van der Waals surface area contributed by atoms with E-state index in [4.69, 9.17) is 5.73 Å². The molecular weight excluding hydrogens is 269 g/mol. The zero-order valence-electron chi connectivity index (χ0n) is 10.4. The summed E-state index contributed by atoms with van der Waals surface area (Å²) in [6.07, 6.45) is 1.64. The van der Waals surface area contributed by atoms with Crippen LogP contribution in [0.1, 0.15) is 23.1 Å². The Hall–Kier alpha value is -1.92. The first-order valence-electron chi connectivity index (χ1n) is 5.97. The van der Waals surface area contributed by atoms with Crippen molar-refractivity contribution in [2.24, 2.45) is 5.73 Å². The van der Waals surface area contributed by atoms with Gasteiger partial charge in [0.25, 0.3) is 0 Å². The largest absolute Gasteiger partial charge is 0.388 e. The molecule has 0 spiro atoms. The van der Waals surface area contributed by atoms with Crippen LogP contribution >= 0.6 is 0 Å². The molecule has 0 aliphatic rings. The maximum Gasteiger partial charge on any atom is 0.194 e. The van der Waals surface area contributed by atoms with Crippen molar-refractivity contribution in [3.63, 3.8) is 0 Å². The number of aliphatic hydroxyl groups is 1. The zero-order valence-corrected chi connectivity index (χ0v) is 10.4. The number of nitrogens with two attached hydrogens (primary N) is 1. The summed E-state index contributed by atoms with van der Waals surface area (Å²) in [5.41, 5.74) is 5.91. The van der Waals surface area contributed by atoms with Crippen LogP contribution in [-0.2, 0) is 0 Å². The van der Waals surface area contributed by atoms with Crippen LogP contribution in [0.15, 0.2) is 36.7 Å². The van der Waals surface area contributed by atoms with Crippen LogP contribution in [0.5, 0.6) is 0 Å². The average molecular weight is 282 g/mol. The van der Waals surface area contributed by atoms with Crippen LogP contribution in [0.25, 0.3) is 0 Å². The topological polar surface area (TPSA) is 59.1 Å². The number of rotatable bonds is 4. The van der Waals surface area contributed by atoms with Gasteiger partial charge in [0.2, 0.25) is 0 Å². The van der Waals surface area contributed by atoms with E-state index in [-0.39, 0.29) is 12.1 Å². The van der Waals surface area contributed by atoms with E-state index in [1.165, 1.54) is 12.4 Å². The van der Waals surface area contributed by atoms with Crippen LogP contribution in [0.2, 0.25) is 0 Å². The van der Waals surface area contributed by atoms with Gasteiger partial charge in [-0.15, -0.1) is 0 Å². The van der Waals surface area contributed by atoms with Crippen LogP contribution in [0.4, 0.5) is 13.2 Å². The van der Waals surface area contributed by atoms with E-state index < -0.39 is 29.5 Å². The van der Waals surface area contributed by atoms with Crippen molar-refractivity contribution in [1.29, 1.82) is 0 Å². The lowest BCUT2D eigenvalue weighted by Crippen LogP contribution is -2.21. The van der Waals surface area contributed by atoms with Gasteiger partial charge in [0.05, 0.1) is 6.10 Å². The maximum absolute atomic E-state index is 13.7. The fourth-order valence-electron chi connectivity index (χ4n) is 2.04. The number of nitrogens with zero attached hydrogens (tertiary/aromatic N) is 1. The van der Waals surface area contributed by atoms with Gasteiger partial charge in [-0.25, -0.2) is 13.2 Å². The summed E-state index contributed by atoms with van der Waals surface area (Å²) in [7, 11) is 0. The zero-order chi connectivity index (χ0) is 14.7. The van der Waals surface area contributed by atoms with Crippen molar-refractivity contribution in [1.82, 2.24) is 4.98 Å². The lowest BCUT2D eigenvalue weighted by molar-refractivity contribution is 0.141. The van der Waals surface area contributed by atoms with E-state index in [1.54, 1.807) is 12.1 Å². The van der Waals surface area contributed by atoms with Crippen molar-refractivity contribution in [2.75, 3.05) is 6.54 Å². The minimum absolute atomic E-state index is 0.0175. The highest BCUT2D eigenvalue weighted by Gasteiger charge is 2.26. The number of hydrogen-bond donors (Lipinski definition) is 2. The minimum atomic E-state index is -1.60. The molecule has 1 aromatic heterocycles. The van der Waals surface area contributed by atoms with E-state index >= 15 is 0 Å². The van der Waals surface area contributed by atoms with Crippen molar-refractivity contribution < 1.29 is 18.3 Å². The summed E-state index contributed by atoms with van der Waals surface area (Å²) < 4.78 is 39.8. The molecule has 0 radical (unpaired) electrons. The van der Waals surface area contributed by atoms with Gasteiger partial charge in [0.1, 0.15) is 0 Å². The lowest BCUT2D eigenvalue weighted by Gasteiger charge is -2.22. The molecule has 0 fully saturated rings. The number of pyridine rings is 1. The molecule has 2 atom stereocenters. The molecule has 1 heterocycles. The second-order valence-electron chi connectivity index (χ2n) is 4.33. The van der Waals surface area contributed by atoms with E-state index in [0.717, 1.165) is 12.1 Å². The number of halogens is 3. The smallest absolute Gasteiger partial charge is 0.194 e. The first kappa shape index (κ1) is 14.5. The Balaban J connectivity index is 2.39. The number of benzene rings is 1. The van der Waals surface area contributed by atoms with Crippen molar-refractivity contribution in [2.45, 2.75) is 12.0 Å². The second kappa shape index (κ2) is 6.02. The third-order valence-electron chi connectivity index (χ3n) is 3.15. The molecule has 2 rings (SSSR count). The van der Waals surface area contributed by atoms with Gasteiger partial charge in [-0.2, -0.15) is 0 Å². The van der Waals surface area contributed by atoms with E-state index in [2.05, 4.69) is 4.98 Å². The third kappa shape index (κ3) is 2.66. The van der Waals surface area contributed by atoms with Crippen LogP contribution in [0, 0.1) is 17.5 Å². The highest BCUT2D eigenvalue weighted by atomic mass is 19.2. The van der Waals surface area contributed by atoms with Crippen LogP contribution in [-0.4, -0.2) is 16.6 Å². The summed E-state index contributed by atoms with van der Waals surface area (Å²) in [6, 6.07) is 5.04. The Labute approximate surface area is 113 Å². The SMILES string of the molecule is NCC(c1ccncc1)C(O)c1ccc(F)c(F)c1F. The molecule has 0 aliphatic carbocycles. The van der Waals surface area contributed by atoms with Gasteiger partial charge in [-0.3, -0.25) is 4.98 Å². The normalized spacial score (nSPS) is 14.1. The van der Waals surface area contributed by atoms with Gasteiger partial charge in [-0.05, 0) is 23.8 Å². The Morgan fingerprint density at radius 3 is 2.30 bits per heavy atom. The van der Waals surface area contributed by atoms with Gasteiger partial charge in [-0.1, -0.05) is 6.07 Å². The maximum atomic E-state index is 13.7. The molecule has 0 saturated heterocycles. The van der Waals surface area contributed by atoms with Gasteiger partial charge >= 0.3 is 0 Å². The molecule has 1 aromatic carbocycles. The second-order valence-corrected chi connectivity index (χ2v) is 4.33. The average Bonchev–Trinajstić information content (AvgIpc) is 2.47. The summed E-state index contributed by atoms with van der Waals surface area (Å²) >= 11 is 0. The molecule has 3 nitrogen and oxygen atoms in total. The Morgan fingerprint density at radius 2 is 1.70 bits per heavy atom. The first-order valence-corrected chi connectivity index (χ1v) is 5.97. The number of aromatic nitrogens is 1. The predicted octanol–water partition coefficient (Wildman–Crippen LogP) is 2.27. The van der Waals surface area contributed by atoms with E-state index in [9.17, 15) is 18.3 Å². The third-order valence-corrected chi connectivity index (χ3v) is 3.15. The summed E-state index contributed by atoms with van der Waals surface area (Å²) in [5.74, 6) is -4.94. The molecule has 0 amide bonds. The fourth-order valence-corrected chi connectivity index (χ4v) is 2.04. The highest BCUT2D eigenvalue weighted by Crippen LogP contribution is 2.32. The first-order chi connectivity index (χ1) is 9.56. The van der Waals surface area contributed by atoms with Crippen molar-refractivity contribution in [3.8, 4) is 0 Å². The van der Waals surface area contributed by atoms with Crippen LogP contribution in [0.3, 0.4) is 0 Å². The number of aliphatic hydroxyl groups excluding tert-OH is 1. The van der Waals surface area contributed by atoms with Crippen LogP contribution < -0.4 is 5.73 Å². The summed E-state index contributed by atoms with van der Waals surface area (Å²) in [4.78, 5) is 3.83. The standard InChI is InChI=1S/C14H13F3N2O/c15-11-2-1-9(12(16)13(11)17)14(20)10(7-18)8-3-5-19-6-4-8/h1-6,10,14,20H,7,18H2. The Bertz CT molecular complexity index is 592. The molecular formula is C14H13F3N2O. The predicted molar refractivity (Wildman–Crippen MR) is 67.3 cm³/mol. The molecule has 3 N–H and O–H groups in total. The molecule has 2 aromatic rings. The summed E-state index contributed by atoms with van der Waals surface area (Å²) in [5, 5.41) is 10.2. The molecule has 2 unspecified atom stereocenters. The Kier molecular flexibility index (Phi) is 4.36.